The largest absolute Gasteiger partial charge is 0.170 e. The predicted molar refractivity (Wildman–Crippen MR) is 77.8 cm³/mol. The molecule has 0 atom stereocenters. The summed E-state index contributed by atoms with van der Waals surface area (Å²) in [5.41, 5.74) is 3.03. The summed E-state index contributed by atoms with van der Waals surface area (Å²) in [6, 6.07) is 0. The molecule has 0 amide bonds. The van der Waals surface area contributed by atoms with E-state index in [1.54, 1.807) is 0 Å². The van der Waals surface area contributed by atoms with Crippen molar-refractivity contribution in [1.82, 2.24) is 0 Å². The first-order valence-corrected chi connectivity index (χ1v) is 12.0. The monoisotopic (exact) mass is 263 g/mol. The minimum Gasteiger partial charge on any atom is -0.170 e. The summed E-state index contributed by atoms with van der Waals surface area (Å²) in [6.45, 7) is 17.3. The van der Waals surface area contributed by atoms with Gasteiger partial charge in [0.05, 0.1) is 8.31 Å². The molecule has 1 radical (unpaired) electrons. The molecule has 0 rings (SSSR count). The van der Waals surface area contributed by atoms with Gasteiger partial charge in [-0.15, -0.1) is 0 Å². The average molecular weight is 264 g/mol. The van der Waals surface area contributed by atoms with Crippen molar-refractivity contribution in [2.45, 2.75) is 77.6 Å². The number of rotatable bonds is 5. The standard InChI is InChI=1S/C12H28ClSi2/c1-9(2)14(10(3)4)15(13,11(5)6)12(7)8/h9-12H,1-8H3. The third-order valence-electron chi connectivity index (χ3n) is 3.37. The summed E-state index contributed by atoms with van der Waals surface area (Å²) in [6.07, 6.45) is 0. The lowest BCUT2D eigenvalue weighted by atomic mass is 10.5. The van der Waals surface area contributed by atoms with Gasteiger partial charge < -0.3 is 0 Å². The molecule has 0 aliphatic heterocycles. The maximum absolute atomic E-state index is 7.15. The maximum Gasteiger partial charge on any atom is 0.150 e. The van der Waals surface area contributed by atoms with Crippen LogP contribution in [0, 0.1) is 0 Å². The lowest BCUT2D eigenvalue weighted by molar-refractivity contribution is 0.907. The van der Waals surface area contributed by atoms with Crippen LogP contribution in [0.4, 0.5) is 0 Å². The molecule has 0 N–H and O–H groups in total. The highest BCUT2D eigenvalue weighted by molar-refractivity contribution is 7.54. The molecule has 0 aliphatic carbocycles. The second-order valence-electron chi connectivity index (χ2n) is 5.84. The topological polar surface area (TPSA) is 0 Å². The fourth-order valence-electron chi connectivity index (χ4n) is 2.88. The SMILES string of the molecule is CC(C)[Si](C(C)C)[Si](Cl)(C(C)C)C(C)C. The zero-order chi connectivity index (χ0) is 12.4. The first kappa shape index (κ1) is 15.7. The van der Waals surface area contributed by atoms with Crippen LogP contribution in [0.15, 0.2) is 0 Å². The predicted octanol–water partition coefficient (Wildman–Crippen LogP) is 5.38. The van der Waals surface area contributed by atoms with Crippen molar-refractivity contribution in [3.8, 4) is 0 Å². The quantitative estimate of drug-likeness (QED) is 0.461. The van der Waals surface area contributed by atoms with E-state index in [1.807, 2.05) is 0 Å². The summed E-state index contributed by atoms with van der Waals surface area (Å²) >= 11 is 7.15. The van der Waals surface area contributed by atoms with Gasteiger partial charge in [0.25, 0.3) is 0 Å². The molecule has 0 fully saturated rings. The average Bonchev–Trinajstić information content (AvgIpc) is 2.01. The van der Waals surface area contributed by atoms with Crippen LogP contribution < -0.4 is 0 Å². The molecular formula is C12H28ClSi2. The molecular weight excluding hydrogens is 236 g/mol. The molecule has 91 valence electrons. The van der Waals surface area contributed by atoms with E-state index >= 15 is 0 Å². The van der Waals surface area contributed by atoms with E-state index in [0.717, 1.165) is 11.1 Å². The van der Waals surface area contributed by atoms with E-state index < -0.39 is 15.2 Å². The van der Waals surface area contributed by atoms with E-state index in [0.29, 0.717) is 11.1 Å². The van der Waals surface area contributed by atoms with Crippen LogP contribution in [0.25, 0.3) is 0 Å². The van der Waals surface area contributed by atoms with Crippen molar-refractivity contribution in [1.29, 1.82) is 0 Å². The van der Waals surface area contributed by atoms with Gasteiger partial charge in [-0.25, -0.2) is 0 Å². The Morgan fingerprint density at radius 3 is 1.07 bits per heavy atom. The second kappa shape index (κ2) is 5.88. The van der Waals surface area contributed by atoms with Crippen LogP contribution in [-0.4, -0.2) is 15.2 Å². The Morgan fingerprint density at radius 2 is 1.00 bits per heavy atom. The van der Waals surface area contributed by atoms with Gasteiger partial charge in [0.2, 0.25) is 0 Å². The summed E-state index contributed by atoms with van der Waals surface area (Å²) < 4.78 is 0. The minimum absolute atomic E-state index is 0.410. The maximum atomic E-state index is 7.15. The first-order chi connectivity index (χ1) is 6.65. The molecule has 0 aromatic rings. The summed E-state index contributed by atoms with van der Waals surface area (Å²) in [4.78, 5) is 0. The Labute approximate surface area is 104 Å². The number of hydrogen-bond donors (Lipinski definition) is 0. The van der Waals surface area contributed by atoms with Gasteiger partial charge in [-0.3, -0.25) is 0 Å². The zero-order valence-electron chi connectivity index (χ0n) is 11.7. The highest BCUT2D eigenvalue weighted by Crippen LogP contribution is 2.44. The number of hydrogen-bond acceptors (Lipinski definition) is 0. The van der Waals surface area contributed by atoms with Gasteiger partial charge in [0.1, 0.15) is 6.90 Å². The van der Waals surface area contributed by atoms with Gasteiger partial charge >= 0.3 is 0 Å². The molecule has 0 aromatic carbocycles. The number of halogens is 1. The summed E-state index contributed by atoms with van der Waals surface area (Å²) in [5, 5.41) is 0. The lowest BCUT2D eigenvalue weighted by Gasteiger charge is -2.43. The van der Waals surface area contributed by atoms with E-state index in [9.17, 15) is 0 Å². The van der Waals surface area contributed by atoms with Crippen molar-refractivity contribution in [3.63, 3.8) is 0 Å². The molecule has 0 saturated heterocycles. The Balaban J connectivity index is 5.19. The Morgan fingerprint density at radius 1 is 0.733 bits per heavy atom. The molecule has 0 aromatic heterocycles. The van der Waals surface area contributed by atoms with Gasteiger partial charge in [-0.2, -0.15) is 11.1 Å². The highest BCUT2D eigenvalue weighted by Gasteiger charge is 2.48. The van der Waals surface area contributed by atoms with Gasteiger partial charge in [-0.05, 0) is 11.1 Å². The summed E-state index contributed by atoms with van der Waals surface area (Å²) in [5.74, 6) is 0. The second-order valence-corrected chi connectivity index (χ2v) is 19.9. The Hall–Kier alpha value is 0.724. The van der Waals surface area contributed by atoms with Crippen molar-refractivity contribution in [2.75, 3.05) is 0 Å². The van der Waals surface area contributed by atoms with Crippen molar-refractivity contribution in [3.05, 3.63) is 0 Å². The van der Waals surface area contributed by atoms with Crippen LogP contribution in [0.3, 0.4) is 0 Å². The van der Waals surface area contributed by atoms with E-state index in [4.69, 9.17) is 11.1 Å². The van der Waals surface area contributed by atoms with E-state index in [-0.39, 0.29) is 0 Å². The van der Waals surface area contributed by atoms with Gasteiger partial charge in [0.15, 0.2) is 0 Å². The zero-order valence-corrected chi connectivity index (χ0v) is 14.4. The van der Waals surface area contributed by atoms with E-state index in [1.165, 1.54) is 0 Å². The Bertz CT molecular complexity index is 172. The third-order valence-corrected chi connectivity index (χ3v) is 24.3. The summed E-state index contributed by atoms with van der Waals surface area (Å²) in [7, 11) is -0.410. The van der Waals surface area contributed by atoms with Crippen molar-refractivity contribution < 1.29 is 0 Å². The van der Waals surface area contributed by atoms with E-state index in [2.05, 4.69) is 55.4 Å². The van der Waals surface area contributed by atoms with Crippen molar-refractivity contribution in [2.24, 2.45) is 0 Å². The molecule has 3 heteroatoms. The molecule has 0 heterocycles. The third kappa shape index (κ3) is 3.34. The highest BCUT2D eigenvalue weighted by atomic mass is 35.6. The fraction of sp³-hybridized carbons (Fsp3) is 1.00. The van der Waals surface area contributed by atoms with Crippen LogP contribution in [0.5, 0.6) is 0 Å². The van der Waals surface area contributed by atoms with Crippen LogP contribution in [-0.2, 0) is 0 Å². The fourth-order valence-corrected chi connectivity index (χ4v) is 21.9. The smallest absolute Gasteiger partial charge is 0.150 e. The Kier molecular flexibility index (Phi) is 6.16. The van der Waals surface area contributed by atoms with Gasteiger partial charge in [-0.1, -0.05) is 66.5 Å². The van der Waals surface area contributed by atoms with Gasteiger partial charge in [0, 0.05) is 0 Å². The molecule has 0 unspecified atom stereocenters. The molecule has 0 aliphatic rings. The van der Waals surface area contributed by atoms with Crippen molar-refractivity contribution >= 4 is 26.3 Å². The normalized spacial score (nSPS) is 14.0. The molecule has 0 nitrogen and oxygen atoms in total. The first-order valence-electron chi connectivity index (χ1n) is 6.21. The van der Waals surface area contributed by atoms with Crippen LogP contribution in [0.1, 0.15) is 55.4 Å². The molecule has 0 bridgehead atoms. The van der Waals surface area contributed by atoms with Crippen LogP contribution >= 0.6 is 11.1 Å². The van der Waals surface area contributed by atoms with Crippen LogP contribution in [0.2, 0.25) is 22.2 Å². The molecule has 0 saturated carbocycles. The molecule has 15 heavy (non-hydrogen) atoms. The minimum atomic E-state index is -1.59. The lowest BCUT2D eigenvalue weighted by Crippen LogP contribution is -2.54. The molecule has 0 spiro atoms.